The largest absolute Gasteiger partial charge is 0.311 e. The van der Waals surface area contributed by atoms with E-state index in [9.17, 15) is 10.1 Å². The molecule has 0 radical (unpaired) electrons. The van der Waals surface area contributed by atoms with Crippen molar-refractivity contribution >= 4 is 11.6 Å². The fourth-order valence-corrected chi connectivity index (χ4v) is 2.15. The molecule has 0 saturated heterocycles. The summed E-state index contributed by atoms with van der Waals surface area (Å²) in [6.07, 6.45) is 0. The van der Waals surface area contributed by atoms with Gasteiger partial charge < -0.3 is 4.90 Å². The molecule has 1 unspecified atom stereocenters. The molecule has 2 aromatic carbocycles. The monoisotopic (exact) mass is 264 g/mol. The summed E-state index contributed by atoms with van der Waals surface area (Å²) in [7, 11) is 0. The highest BCUT2D eigenvalue weighted by atomic mass is 16.2. The van der Waals surface area contributed by atoms with Crippen molar-refractivity contribution < 1.29 is 4.79 Å². The standard InChI is InChI=1S/C17H16N2O/c1-2-19(15-11-7-4-8-12-15)17(20)16(13-18)14-9-5-3-6-10-14/h3-12,16H,2H2,1H3. The minimum atomic E-state index is -0.767. The lowest BCUT2D eigenvalue weighted by Gasteiger charge is -2.23. The third-order valence-electron chi connectivity index (χ3n) is 3.16. The highest BCUT2D eigenvalue weighted by Gasteiger charge is 2.25. The summed E-state index contributed by atoms with van der Waals surface area (Å²) < 4.78 is 0. The summed E-state index contributed by atoms with van der Waals surface area (Å²) in [6.45, 7) is 2.44. The van der Waals surface area contributed by atoms with Gasteiger partial charge in [0.05, 0.1) is 6.07 Å². The second-order valence-corrected chi connectivity index (χ2v) is 4.39. The summed E-state index contributed by atoms with van der Waals surface area (Å²) >= 11 is 0. The van der Waals surface area contributed by atoms with Crippen LogP contribution in [0.1, 0.15) is 18.4 Å². The van der Waals surface area contributed by atoms with E-state index in [1.54, 1.807) is 4.90 Å². The van der Waals surface area contributed by atoms with Crippen LogP contribution < -0.4 is 4.90 Å². The number of hydrogen-bond donors (Lipinski definition) is 0. The topological polar surface area (TPSA) is 44.1 Å². The molecule has 3 nitrogen and oxygen atoms in total. The van der Waals surface area contributed by atoms with Crippen molar-refractivity contribution in [2.45, 2.75) is 12.8 Å². The molecule has 0 bridgehead atoms. The van der Waals surface area contributed by atoms with Gasteiger partial charge in [-0.05, 0) is 24.6 Å². The Hall–Kier alpha value is -2.60. The van der Waals surface area contributed by atoms with Crippen LogP contribution in [0.5, 0.6) is 0 Å². The Labute approximate surface area is 119 Å². The smallest absolute Gasteiger partial charge is 0.248 e. The van der Waals surface area contributed by atoms with Crippen molar-refractivity contribution in [2.75, 3.05) is 11.4 Å². The van der Waals surface area contributed by atoms with Crippen molar-refractivity contribution in [3.63, 3.8) is 0 Å². The van der Waals surface area contributed by atoms with Gasteiger partial charge >= 0.3 is 0 Å². The molecule has 100 valence electrons. The number of amides is 1. The van der Waals surface area contributed by atoms with Crippen molar-refractivity contribution in [2.24, 2.45) is 0 Å². The molecule has 0 fully saturated rings. The van der Waals surface area contributed by atoms with Gasteiger partial charge in [-0.2, -0.15) is 5.26 Å². The molecule has 0 aromatic heterocycles. The first kappa shape index (κ1) is 13.8. The van der Waals surface area contributed by atoms with Crippen LogP contribution in [0, 0.1) is 11.3 Å². The van der Waals surface area contributed by atoms with Crippen molar-refractivity contribution in [1.29, 1.82) is 5.26 Å². The lowest BCUT2D eigenvalue weighted by molar-refractivity contribution is -0.118. The summed E-state index contributed by atoms with van der Waals surface area (Å²) in [5, 5.41) is 9.34. The molecule has 0 N–H and O–H groups in total. The predicted molar refractivity (Wildman–Crippen MR) is 79.3 cm³/mol. The Morgan fingerprint density at radius 2 is 1.65 bits per heavy atom. The molecule has 1 atom stereocenters. The summed E-state index contributed by atoms with van der Waals surface area (Å²) in [4.78, 5) is 14.2. The Bertz CT molecular complexity index is 602. The highest BCUT2D eigenvalue weighted by Crippen LogP contribution is 2.22. The van der Waals surface area contributed by atoms with Crippen LogP contribution in [0.3, 0.4) is 0 Å². The lowest BCUT2D eigenvalue weighted by atomic mass is 9.99. The number of nitrogens with zero attached hydrogens (tertiary/aromatic N) is 2. The molecule has 1 amide bonds. The Kier molecular flexibility index (Phi) is 4.52. The number of rotatable bonds is 4. The maximum Gasteiger partial charge on any atom is 0.248 e. The summed E-state index contributed by atoms with van der Waals surface area (Å²) in [5.74, 6) is -0.955. The molecule has 0 aliphatic carbocycles. The van der Waals surface area contributed by atoms with Gasteiger partial charge in [0, 0.05) is 12.2 Å². The lowest BCUT2D eigenvalue weighted by Crippen LogP contribution is -2.34. The molecular formula is C17H16N2O. The number of carbonyl (C=O) groups excluding carboxylic acids is 1. The van der Waals surface area contributed by atoms with E-state index in [0.29, 0.717) is 6.54 Å². The van der Waals surface area contributed by atoms with E-state index in [1.807, 2.05) is 67.6 Å². The Balaban J connectivity index is 2.31. The van der Waals surface area contributed by atoms with Gasteiger partial charge in [-0.15, -0.1) is 0 Å². The zero-order valence-electron chi connectivity index (χ0n) is 11.4. The van der Waals surface area contributed by atoms with Crippen LogP contribution in [0.25, 0.3) is 0 Å². The summed E-state index contributed by atoms with van der Waals surface area (Å²) in [5.41, 5.74) is 1.55. The van der Waals surface area contributed by atoms with Gasteiger partial charge in [-0.3, -0.25) is 4.79 Å². The second-order valence-electron chi connectivity index (χ2n) is 4.39. The van der Waals surface area contributed by atoms with E-state index < -0.39 is 5.92 Å². The molecule has 2 rings (SSSR count). The van der Waals surface area contributed by atoms with Crippen LogP contribution in [0.15, 0.2) is 60.7 Å². The third kappa shape index (κ3) is 2.86. The third-order valence-corrected chi connectivity index (χ3v) is 3.16. The summed E-state index contributed by atoms with van der Waals surface area (Å²) in [6, 6.07) is 20.7. The van der Waals surface area contributed by atoms with Gasteiger partial charge in [-0.25, -0.2) is 0 Å². The molecule has 0 saturated carbocycles. The number of benzene rings is 2. The number of para-hydroxylation sites is 1. The van der Waals surface area contributed by atoms with Crippen LogP contribution in [-0.4, -0.2) is 12.5 Å². The molecule has 3 heteroatoms. The zero-order chi connectivity index (χ0) is 14.4. The van der Waals surface area contributed by atoms with Crippen LogP contribution >= 0.6 is 0 Å². The van der Waals surface area contributed by atoms with Crippen LogP contribution in [-0.2, 0) is 4.79 Å². The van der Waals surface area contributed by atoms with Crippen LogP contribution in [0.4, 0.5) is 5.69 Å². The molecule has 0 aliphatic heterocycles. The van der Waals surface area contributed by atoms with Crippen LogP contribution in [0.2, 0.25) is 0 Å². The number of likely N-dealkylation sites (N-methyl/N-ethyl adjacent to an activating group) is 1. The first-order valence-corrected chi connectivity index (χ1v) is 6.59. The molecule has 20 heavy (non-hydrogen) atoms. The van der Waals surface area contributed by atoms with Gasteiger partial charge in [0.1, 0.15) is 0 Å². The average molecular weight is 264 g/mol. The van der Waals surface area contributed by atoms with Gasteiger partial charge in [0.2, 0.25) is 5.91 Å². The Morgan fingerprint density at radius 3 is 2.15 bits per heavy atom. The van der Waals surface area contributed by atoms with Gasteiger partial charge in [0.15, 0.2) is 5.92 Å². The van der Waals surface area contributed by atoms with Crippen molar-refractivity contribution in [1.82, 2.24) is 0 Å². The molecular weight excluding hydrogens is 248 g/mol. The van der Waals surface area contributed by atoms with Crippen molar-refractivity contribution in [3.8, 4) is 6.07 Å². The van der Waals surface area contributed by atoms with E-state index >= 15 is 0 Å². The minimum Gasteiger partial charge on any atom is -0.311 e. The molecule has 0 heterocycles. The quantitative estimate of drug-likeness (QED) is 0.850. The van der Waals surface area contributed by atoms with E-state index in [-0.39, 0.29) is 5.91 Å². The number of carbonyl (C=O) groups is 1. The highest BCUT2D eigenvalue weighted by molar-refractivity contribution is 5.99. The van der Waals surface area contributed by atoms with Crippen molar-refractivity contribution in [3.05, 3.63) is 66.2 Å². The number of nitriles is 1. The van der Waals surface area contributed by atoms with E-state index in [0.717, 1.165) is 11.3 Å². The fourth-order valence-electron chi connectivity index (χ4n) is 2.15. The van der Waals surface area contributed by atoms with E-state index in [4.69, 9.17) is 0 Å². The average Bonchev–Trinajstić information content (AvgIpc) is 2.51. The molecule has 0 spiro atoms. The normalized spacial score (nSPS) is 11.4. The maximum atomic E-state index is 12.6. The SMILES string of the molecule is CCN(C(=O)C(C#N)c1ccccc1)c1ccccc1. The second kappa shape index (κ2) is 6.53. The van der Waals surface area contributed by atoms with E-state index in [1.165, 1.54) is 0 Å². The Morgan fingerprint density at radius 1 is 1.10 bits per heavy atom. The molecule has 2 aromatic rings. The zero-order valence-corrected chi connectivity index (χ0v) is 11.4. The van der Waals surface area contributed by atoms with E-state index in [2.05, 4.69) is 6.07 Å². The van der Waals surface area contributed by atoms with Gasteiger partial charge in [-0.1, -0.05) is 48.5 Å². The number of anilines is 1. The first-order chi connectivity index (χ1) is 9.77. The number of hydrogen-bond acceptors (Lipinski definition) is 2. The molecule has 0 aliphatic rings. The fraction of sp³-hybridized carbons (Fsp3) is 0.176. The van der Waals surface area contributed by atoms with Gasteiger partial charge in [0.25, 0.3) is 0 Å². The maximum absolute atomic E-state index is 12.6. The first-order valence-electron chi connectivity index (χ1n) is 6.59. The predicted octanol–water partition coefficient (Wildman–Crippen LogP) is 3.35. The minimum absolute atomic E-state index is 0.188.